The second-order valence-electron chi connectivity index (χ2n) is 4.47. The van der Waals surface area contributed by atoms with Crippen molar-refractivity contribution in [1.29, 1.82) is 0 Å². The predicted molar refractivity (Wildman–Crippen MR) is 65.3 cm³/mol. The van der Waals surface area contributed by atoms with Crippen molar-refractivity contribution in [2.75, 3.05) is 0 Å². The molecule has 0 aliphatic heterocycles. The molecule has 0 radical (unpaired) electrons. The Hall–Kier alpha value is -1.39. The molecule has 3 N–H and O–H groups in total. The normalized spacial score (nSPS) is 24.3. The van der Waals surface area contributed by atoms with Crippen molar-refractivity contribution >= 4 is 5.91 Å². The Morgan fingerprint density at radius 1 is 1.12 bits per heavy atom. The molecule has 4 heteroatoms. The van der Waals surface area contributed by atoms with Crippen LogP contribution >= 0.6 is 0 Å². The van der Waals surface area contributed by atoms with E-state index in [2.05, 4.69) is 10.9 Å². The van der Waals surface area contributed by atoms with Gasteiger partial charge in [0.1, 0.15) is 0 Å². The SMILES string of the molecule is O=C(NNC1CCC(O)CC1)c1ccccc1. The zero-order chi connectivity index (χ0) is 12.1. The van der Waals surface area contributed by atoms with E-state index in [1.54, 1.807) is 12.1 Å². The Bertz CT molecular complexity index is 359. The molecule has 4 nitrogen and oxygen atoms in total. The molecule has 1 aromatic carbocycles. The van der Waals surface area contributed by atoms with Gasteiger partial charge in [-0.15, -0.1) is 0 Å². The molecular weight excluding hydrogens is 216 g/mol. The van der Waals surface area contributed by atoms with Crippen LogP contribution in [0.5, 0.6) is 0 Å². The number of hydrogen-bond donors (Lipinski definition) is 3. The van der Waals surface area contributed by atoms with E-state index in [1.165, 1.54) is 0 Å². The largest absolute Gasteiger partial charge is 0.393 e. The number of nitrogens with one attached hydrogen (secondary N) is 2. The van der Waals surface area contributed by atoms with Gasteiger partial charge >= 0.3 is 0 Å². The van der Waals surface area contributed by atoms with Crippen LogP contribution in [0, 0.1) is 0 Å². The number of carbonyl (C=O) groups excluding carboxylic acids is 1. The van der Waals surface area contributed by atoms with Gasteiger partial charge in [0, 0.05) is 11.6 Å². The summed E-state index contributed by atoms with van der Waals surface area (Å²) in [6, 6.07) is 9.39. The fraction of sp³-hybridized carbons (Fsp3) is 0.462. The number of benzene rings is 1. The van der Waals surface area contributed by atoms with Crippen molar-refractivity contribution in [1.82, 2.24) is 10.9 Å². The van der Waals surface area contributed by atoms with Crippen LogP contribution in [0.25, 0.3) is 0 Å². The summed E-state index contributed by atoms with van der Waals surface area (Å²) in [6.45, 7) is 0. The lowest BCUT2D eigenvalue weighted by molar-refractivity contribution is 0.0887. The van der Waals surface area contributed by atoms with Gasteiger partial charge in [0.05, 0.1) is 6.10 Å². The van der Waals surface area contributed by atoms with E-state index in [9.17, 15) is 9.90 Å². The highest BCUT2D eigenvalue weighted by molar-refractivity contribution is 5.93. The summed E-state index contributed by atoms with van der Waals surface area (Å²) in [5, 5.41) is 9.37. The Balaban J connectivity index is 1.77. The number of aliphatic hydroxyl groups excluding tert-OH is 1. The van der Waals surface area contributed by atoms with Gasteiger partial charge in [0.25, 0.3) is 5.91 Å². The molecule has 0 heterocycles. The standard InChI is InChI=1S/C13H18N2O2/c16-12-8-6-11(7-9-12)14-15-13(17)10-4-2-1-3-5-10/h1-5,11-12,14,16H,6-9H2,(H,15,17). The van der Waals surface area contributed by atoms with Crippen LogP contribution in [0.4, 0.5) is 0 Å². The minimum Gasteiger partial charge on any atom is -0.393 e. The van der Waals surface area contributed by atoms with E-state index in [0.717, 1.165) is 25.7 Å². The van der Waals surface area contributed by atoms with Crippen LogP contribution in [0.1, 0.15) is 36.0 Å². The average molecular weight is 234 g/mol. The van der Waals surface area contributed by atoms with Gasteiger partial charge in [-0.05, 0) is 37.8 Å². The number of amides is 1. The van der Waals surface area contributed by atoms with Gasteiger partial charge in [-0.1, -0.05) is 18.2 Å². The minimum absolute atomic E-state index is 0.114. The molecule has 0 aromatic heterocycles. The quantitative estimate of drug-likeness (QED) is 0.689. The molecule has 1 aromatic rings. The van der Waals surface area contributed by atoms with Gasteiger partial charge < -0.3 is 5.11 Å². The highest BCUT2D eigenvalue weighted by Gasteiger charge is 2.19. The first kappa shape index (κ1) is 12.1. The van der Waals surface area contributed by atoms with E-state index in [4.69, 9.17) is 0 Å². The van der Waals surface area contributed by atoms with Crippen molar-refractivity contribution in [3.8, 4) is 0 Å². The first-order valence-electron chi connectivity index (χ1n) is 6.04. The third-order valence-corrected chi connectivity index (χ3v) is 3.12. The summed E-state index contributed by atoms with van der Waals surface area (Å²) in [5.74, 6) is -0.114. The molecule has 17 heavy (non-hydrogen) atoms. The average Bonchev–Trinajstić information content (AvgIpc) is 2.39. The topological polar surface area (TPSA) is 61.4 Å². The first-order chi connectivity index (χ1) is 8.25. The molecular formula is C13H18N2O2. The molecule has 92 valence electrons. The van der Waals surface area contributed by atoms with Crippen LogP contribution in [0.15, 0.2) is 30.3 Å². The zero-order valence-corrected chi connectivity index (χ0v) is 9.73. The Labute approximate surface area is 101 Å². The molecule has 1 amide bonds. The maximum atomic E-state index is 11.7. The lowest BCUT2D eigenvalue weighted by atomic mass is 9.94. The molecule has 2 rings (SSSR count). The number of rotatable bonds is 3. The van der Waals surface area contributed by atoms with Gasteiger partial charge in [0.15, 0.2) is 0 Å². The van der Waals surface area contributed by atoms with Crippen LogP contribution in [0.3, 0.4) is 0 Å². The first-order valence-corrected chi connectivity index (χ1v) is 6.04. The van der Waals surface area contributed by atoms with Crippen molar-refractivity contribution in [2.24, 2.45) is 0 Å². The molecule has 1 saturated carbocycles. The highest BCUT2D eigenvalue weighted by Crippen LogP contribution is 2.17. The Morgan fingerprint density at radius 2 is 1.76 bits per heavy atom. The van der Waals surface area contributed by atoms with Gasteiger partial charge in [-0.3, -0.25) is 10.2 Å². The van der Waals surface area contributed by atoms with Gasteiger partial charge in [-0.2, -0.15) is 0 Å². The molecule has 0 unspecified atom stereocenters. The van der Waals surface area contributed by atoms with Crippen LogP contribution in [-0.4, -0.2) is 23.2 Å². The van der Waals surface area contributed by atoms with Gasteiger partial charge in [-0.25, -0.2) is 5.43 Å². The van der Waals surface area contributed by atoms with E-state index >= 15 is 0 Å². The van der Waals surface area contributed by atoms with E-state index in [-0.39, 0.29) is 18.1 Å². The monoisotopic (exact) mass is 234 g/mol. The maximum Gasteiger partial charge on any atom is 0.265 e. The lowest BCUT2D eigenvalue weighted by Gasteiger charge is -2.26. The van der Waals surface area contributed by atoms with Gasteiger partial charge in [0.2, 0.25) is 0 Å². The van der Waals surface area contributed by atoms with Crippen molar-refractivity contribution in [2.45, 2.75) is 37.8 Å². The molecule has 1 aliphatic rings. The third kappa shape index (κ3) is 3.54. The van der Waals surface area contributed by atoms with Crippen molar-refractivity contribution < 1.29 is 9.90 Å². The molecule has 1 fully saturated rings. The summed E-state index contributed by atoms with van der Waals surface area (Å²) in [5.41, 5.74) is 6.39. The smallest absolute Gasteiger partial charge is 0.265 e. The molecule has 0 atom stereocenters. The van der Waals surface area contributed by atoms with Crippen molar-refractivity contribution in [3.05, 3.63) is 35.9 Å². The lowest BCUT2D eigenvalue weighted by Crippen LogP contribution is -2.46. The highest BCUT2D eigenvalue weighted by atomic mass is 16.3. The van der Waals surface area contributed by atoms with Crippen LogP contribution < -0.4 is 10.9 Å². The third-order valence-electron chi connectivity index (χ3n) is 3.12. The van der Waals surface area contributed by atoms with E-state index < -0.39 is 0 Å². The summed E-state index contributed by atoms with van der Waals surface area (Å²) >= 11 is 0. The predicted octanol–water partition coefficient (Wildman–Crippen LogP) is 1.22. The minimum atomic E-state index is -0.169. The fourth-order valence-corrected chi connectivity index (χ4v) is 2.05. The van der Waals surface area contributed by atoms with Crippen LogP contribution in [-0.2, 0) is 0 Å². The van der Waals surface area contributed by atoms with E-state index in [0.29, 0.717) is 5.56 Å². The maximum absolute atomic E-state index is 11.7. The Kier molecular flexibility index (Phi) is 4.12. The molecule has 0 bridgehead atoms. The summed E-state index contributed by atoms with van der Waals surface area (Å²) in [6.07, 6.45) is 3.24. The number of carbonyl (C=O) groups is 1. The van der Waals surface area contributed by atoms with Crippen molar-refractivity contribution in [3.63, 3.8) is 0 Å². The fourth-order valence-electron chi connectivity index (χ4n) is 2.05. The van der Waals surface area contributed by atoms with E-state index in [1.807, 2.05) is 18.2 Å². The number of hydrazine groups is 1. The molecule has 0 saturated heterocycles. The number of hydrogen-bond acceptors (Lipinski definition) is 3. The summed E-state index contributed by atoms with van der Waals surface area (Å²) in [7, 11) is 0. The Morgan fingerprint density at radius 3 is 2.41 bits per heavy atom. The second-order valence-corrected chi connectivity index (χ2v) is 4.47. The number of aliphatic hydroxyl groups is 1. The molecule has 1 aliphatic carbocycles. The second kappa shape index (κ2) is 5.80. The summed E-state index contributed by atoms with van der Waals surface area (Å²) < 4.78 is 0. The molecule has 0 spiro atoms. The zero-order valence-electron chi connectivity index (χ0n) is 9.73. The summed E-state index contributed by atoms with van der Waals surface area (Å²) in [4.78, 5) is 11.7. The van der Waals surface area contributed by atoms with Crippen LogP contribution in [0.2, 0.25) is 0 Å².